The van der Waals surface area contributed by atoms with Crippen LogP contribution in [-0.2, 0) is 28.8 Å². The number of likely N-dealkylation sites (tertiary alicyclic amines) is 5. The molecule has 0 unspecified atom stereocenters. The summed E-state index contributed by atoms with van der Waals surface area (Å²) in [6, 6.07) is 60.3. The van der Waals surface area contributed by atoms with Crippen molar-refractivity contribution in [2.24, 2.45) is 5.73 Å². The Morgan fingerprint density at radius 2 is 0.838 bits per heavy atom. The highest BCUT2D eigenvalue weighted by Crippen LogP contribution is 2.30. The number of rotatable bonds is 17. The summed E-state index contributed by atoms with van der Waals surface area (Å²) < 4.78 is 19.9. The van der Waals surface area contributed by atoms with Crippen LogP contribution < -0.4 is 57.9 Å². The highest BCUT2D eigenvalue weighted by Gasteiger charge is 2.32. The van der Waals surface area contributed by atoms with Gasteiger partial charge in [-0.1, -0.05) is 103 Å². The summed E-state index contributed by atoms with van der Waals surface area (Å²) >= 11 is 0. The third-order valence-electron chi connectivity index (χ3n) is 21.2. The second-order valence-corrected chi connectivity index (χ2v) is 28.7. The highest BCUT2D eigenvalue weighted by atomic mass is 19.1. The largest absolute Gasteiger partial charge is 0.420 e. The zero-order chi connectivity index (χ0) is 82.8. The van der Waals surface area contributed by atoms with Gasteiger partial charge in [0.05, 0.1) is 5.52 Å². The van der Waals surface area contributed by atoms with E-state index in [9.17, 15) is 61.9 Å². The van der Waals surface area contributed by atoms with E-state index in [0.717, 1.165) is 129 Å². The summed E-state index contributed by atoms with van der Waals surface area (Å²) in [5, 5.41) is 12.4. The minimum absolute atomic E-state index is 0.0563. The van der Waals surface area contributed by atoms with Gasteiger partial charge in [-0.25, -0.2) is 28.4 Å². The number of hydrogen-bond donors (Lipinski definition) is 6. The van der Waals surface area contributed by atoms with Gasteiger partial charge in [-0.15, -0.1) is 0 Å². The Kier molecular flexibility index (Phi) is 32.6. The van der Waals surface area contributed by atoms with Gasteiger partial charge in [0.15, 0.2) is 5.58 Å². The van der Waals surface area contributed by atoms with Gasteiger partial charge >= 0.3 is 29.9 Å². The van der Waals surface area contributed by atoms with Crippen molar-refractivity contribution in [3.63, 3.8) is 0 Å². The molecule has 14 amide bonds. The zero-order valence-corrected chi connectivity index (χ0v) is 65.6. The molecule has 31 heteroatoms. The number of aromatic amines is 1. The number of anilines is 6. The van der Waals surface area contributed by atoms with Crippen molar-refractivity contribution in [3.8, 4) is 0 Å². The number of nitrogens with one attached hydrogen (secondary N) is 5. The Morgan fingerprint density at radius 3 is 1.31 bits per heavy atom. The number of para-hydroxylation sites is 7. The molecule has 0 radical (unpaired) electrons. The van der Waals surface area contributed by atoms with Gasteiger partial charge in [0, 0.05) is 168 Å². The van der Waals surface area contributed by atoms with E-state index in [1.165, 1.54) is 29.2 Å². The van der Waals surface area contributed by atoms with Gasteiger partial charge in [-0.2, -0.15) is 0 Å². The zero-order valence-electron chi connectivity index (χ0n) is 65.6. The lowest BCUT2D eigenvalue weighted by atomic mass is 10.0. The molecule has 6 aliphatic heterocycles. The van der Waals surface area contributed by atoms with Crippen molar-refractivity contribution in [2.45, 2.75) is 94.4 Å². The van der Waals surface area contributed by atoms with Gasteiger partial charge < -0.3 is 70.7 Å². The predicted molar refractivity (Wildman–Crippen MR) is 448 cm³/mol. The molecule has 6 saturated heterocycles. The predicted octanol–water partition coefficient (Wildman–Crippen LogP) is 9.75. The number of carbonyl (C=O) groups is 10. The number of urea groups is 4. The number of aromatic nitrogens is 2. The number of halogens is 1. The molecule has 0 atom stereocenters. The van der Waals surface area contributed by atoms with Crippen molar-refractivity contribution in [2.75, 3.05) is 129 Å². The summed E-state index contributed by atoms with van der Waals surface area (Å²) in [5.74, 6) is -0.662. The molecule has 15 rings (SSSR count). The average Bonchev–Trinajstić information content (AvgIpc) is 1.54. The number of primary amides is 1. The molecule has 0 bridgehead atoms. The topological polar surface area (TPSA) is 345 Å². The smallest absolute Gasteiger partial charge is 0.408 e. The number of fused-ring (bicyclic) bond motifs is 2. The number of pyridine rings is 1. The summed E-state index contributed by atoms with van der Waals surface area (Å²) in [5.41, 5.74) is 12.2. The third kappa shape index (κ3) is 24.8. The minimum atomic E-state index is -0.559. The second-order valence-electron chi connectivity index (χ2n) is 28.7. The van der Waals surface area contributed by atoms with E-state index in [4.69, 9.17) is 10.2 Å². The second kappa shape index (κ2) is 44.3. The van der Waals surface area contributed by atoms with Crippen LogP contribution in [0.25, 0.3) is 22.0 Å². The summed E-state index contributed by atoms with van der Waals surface area (Å²) in [7, 11) is 1.64. The van der Waals surface area contributed by atoms with E-state index >= 15 is 0 Å². The lowest BCUT2D eigenvalue weighted by Gasteiger charge is -2.37. The third-order valence-corrected chi connectivity index (χ3v) is 21.2. The van der Waals surface area contributed by atoms with E-state index in [-0.39, 0.29) is 65.4 Å². The van der Waals surface area contributed by atoms with E-state index in [1.807, 2.05) is 180 Å². The molecule has 7 aromatic carbocycles. The van der Waals surface area contributed by atoms with Gasteiger partial charge in [0.25, 0.3) is 5.56 Å². The molecular weight excluding hydrogens is 1500 g/mol. The molecular formula is C86H102FN17O13. The molecule has 616 valence electrons. The molecule has 0 aliphatic carbocycles. The van der Waals surface area contributed by atoms with Crippen LogP contribution in [0.2, 0.25) is 0 Å². The van der Waals surface area contributed by atoms with Crippen molar-refractivity contribution in [1.29, 1.82) is 0 Å². The van der Waals surface area contributed by atoms with E-state index in [2.05, 4.69) is 26.3 Å². The Morgan fingerprint density at radius 1 is 0.444 bits per heavy atom. The lowest BCUT2D eigenvalue weighted by Crippen LogP contribution is -2.50. The molecule has 8 heterocycles. The maximum Gasteiger partial charge on any atom is 0.420 e. The quantitative estimate of drug-likeness (QED) is 0.0462. The monoisotopic (exact) mass is 1600 g/mol. The fourth-order valence-corrected chi connectivity index (χ4v) is 14.9. The first kappa shape index (κ1) is 86.1. The van der Waals surface area contributed by atoms with Crippen molar-refractivity contribution in [3.05, 3.63) is 227 Å². The SMILES string of the molecule is CNC(=O)N(c1ccccc1)C1CCN(C=O)CC1.NC(=O)N(c1ccc(F)cc1)C1CCN(C=O)CC1.O=CN1CCC(N(C(=O)Nc2ccccc2)c2ccccc2)CC1.O=CN1CCC(NC(=O)Nc2ccccc2)CC1.O=CN1CCC(n2c(=O)oc3ccccc32)CC1.O=CN1CCN(c2cc3ccccc3[nH]c2=O)CC1. The van der Waals surface area contributed by atoms with Crippen LogP contribution in [0.5, 0.6) is 0 Å². The van der Waals surface area contributed by atoms with E-state index in [1.54, 1.807) is 52.0 Å². The minimum Gasteiger partial charge on any atom is -0.408 e. The van der Waals surface area contributed by atoms with E-state index in [0.29, 0.717) is 121 Å². The number of piperidine rings is 5. The number of nitrogens with two attached hydrogens (primary N) is 1. The number of oxazole rings is 1. The van der Waals surface area contributed by atoms with Crippen LogP contribution in [0.1, 0.15) is 70.3 Å². The first-order valence-electron chi connectivity index (χ1n) is 39.4. The molecule has 117 heavy (non-hydrogen) atoms. The van der Waals surface area contributed by atoms with Crippen LogP contribution in [0.4, 0.5) is 57.7 Å². The van der Waals surface area contributed by atoms with Gasteiger partial charge in [0.2, 0.25) is 38.5 Å². The van der Waals surface area contributed by atoms with E-state index < -0.39 is 6.03 Å². The fourth-order valence-electron chi connectivity index (χ4n) is 14.9. The standard InChI is InChI=1S/C19H21N3O2.C14H15N3O2.C14H19N3O2.C13H16FN3O2.C13H17N3O2.C13H14N2O3/c23-15-21-13-11-18(12-14-21)22(17-9-5-2-6-10-17)19(24)20-16-7-3-1-4-8-16;18-10-16-5-7-17(8-6-16)13-9-11-3-1-2-4-12(11)15-14(13)19;1-15-14(19)17(12-5-3-2-4-6-12)13-7-9-16(11-18)10-8-13;14-10-1-3-11(4-2-10)17(13(15)19)12-5-7-16(9-18)8-6-12;17-10-16-8-6-12(7-9-16)15-13(18)14-11-4-2-1-3-5-11;16-9-14-7-5-10(6-8-14)15-11-3-1-2-4-12(11)18-13(15)17/h1-10,15,18H,11-14H2,(H,20,24);1-4,9-10H,5-8H2,(H,15,19);2-6,11,13H,7-10H2,1H3,(H,15,19);1-4,9,12H,5-8H2,(H2,15,19);1-5,10,12H,6-9H2,(H2,14,15,18);1-4,9-10H,5-8H2. The number of piperazine rings is 1. The number of carbonyl (C=O) groups excluding carboxylic acids is 10. The number of H-pyrrole nitrogens is 1. The number of hydrogen-bond acceptors (Lipinski definition) is 14. The molecule has 6 aliphatic rings. The van der Waals surface area contributed by atoms with Crippen molar-refractivity contribution in [1.82, 2.24) is 49.6 Å². The number of amides is 14. The first-order chi connectivity index (χ1) is 57.0. The lowest BCUT2D eigenvalue weighted by molar-refractivity contribution is -0.120. The fraction of sp³-hybridized carbons (Fsp3) is 0.349. The molecule has 6 fully saturated rings. The molecule has 0 saturated carbocycles. The molecule has 2 aromatic heterocycles. The number of nitrogens with zero attached hydrogens (tertiary/aromatic N) is 11. The van der Waals surface area contributed by atoms with Gasteiger partial charge in [-0.05, 0) is 161 Å². The summed E-state index contributed by atoms with van der Waals surface area (Å²) in [4.78, 5) is 157. The first-order valence-corrected chi connectivity index (χ1v) is 39.4. The van der Waals surface area contributed by atoms with Crippen LogP contribution >= 0.6 is 0 Å². The summed E-state index contributed by atoms with van der Waals surface area (Å²) in [6.45, 7) is 9.47. The molecule has 30 nitrogen and oxygen atoms in total. The molecule has 0 spiro atoms. The summed E-state index contributed by atoms with van der Waals surface area (Å²) in [6.07, 6.45) is 12.9. The van der Waals surface area contributed by atoms with Gasteiger partial charge in [0.1, 0.15) is 11.5 Å². The Hall–Kier alpha value is -13.4. The van der Waals surface area contributed by atoms with Crippen LogP contribution in [0, 0.1) is 5.82 Å². The van der Waals surface area contributed by atoms with Gasteiger partial charge in [-0.3, -0.25) is 52.8 Å². The molecule has 7 N–H and O–H groups in total. The maximum atomic E-state index is 12.9. The number of benzene rings is 7. The normalized spacial score (nSPS) is 16.0. The van der Waals surface area contributed by atoms with Crippen molar-refractivity contribution >= 4 is 119 Å². The highest BCUT2D eigenvalue weighted by molar-refractivity contribution is 6.02. The Labute approximate surface area is 677 Å². The Balaban J connectivity index is 0.000000148. The van der Waals surface area contributed by atoms with Crippen molar-refractivity contribution < 1.29 is 56.8 Å². The maximum absolute atomic E-state index is 12.9. The van der Waals surface area contributed by atoms with Crippen LogP contribution in [0.3, 0.4) is 0 Å². The van der Waals surface area contributed by atoms with Crippen LogP contribution in [0.15, 0.2) is 214 Å². The van der Waals surface area contributed by atoms with Crippen LogP contribution in [-0.4, -0.2) is 224 Å². The Bertz CT molecular complexity index is 4770. The molecule has 9 aromatic rings. The average molecular weight is 1600 g/mol.